The van der Waals surface area contributed by atoms with Crippen LogP contribution in [0, 0.1) is 0 Å². The van der Waals surface area contributed by atoms with E-state index in [1.807, 2.05) is 7.05 Å². The number of piperidine rings is 1. The first-order valence-electron chi connectivity index (χ1n) is 9.46. The number of nitrogens with one attached hydrogen (secondary N) is 1. The summed E-state index contributed by atoms with van der Waals surface area (Å²) >= 11 is 0. The lowest BCUT2D eigenvalue weighted by Crippen LogP contribution is -2.50. The van der Waals surface area contributed by atoms with Crippen LogP contribution in [-0.2, 0) is 9.47 Å². The van der Waals surface area contributed by atoms with Crippen LogP contribution in [0.5, 0.6) is 0 Å². The molecule has 0 amide bonds. The van der Waals surface area contributed by atoms with Crippen LogP contribution in [0.15, 0.2) is 4.99 Å². The number of methoxy groups -OCH3 is 1. The molecule has 0 aliphatic carbocycles. The van der Waals surface area contributed by atoms with Gasteiger partial charge in [-0.3, -0.25) is 9.89 Å². The molecule has 6 nitrogen and oxygen atoms in total. The fourth-order valence-electron chi connectivity index (χ4n) is 3.23. The van der Waals surface area contributed by atoms with E-state index >= 15 is 0 Å². The number of hydrogen-bond donors (Lipinski definition) is 1. The lowest BCUT2D eigenvalue weighted by atomic mass is 10.1. The molecule has 1 heterocycles. The Morgan fingerprint density at radius 2 is 1.88 bits per heavy atom. The number of likely N-dealkylation sites (N-methyl/N-ethyl adjacent to an activating group) is 1. The van der Waals surface area contributed by atoms with Gasteiger partial charge in [-0.15, -0.1) is 24.0 Å². The Balaban J connectivity index is 0.00000576. The van der Waals surface area contributed by atoms with E-state index in [1.54, 1.807) is 7.11 Å². The predicted octanol–water partition coefficient (Wildman–Crippen LogP) is 2.43. The van der Waals surface area contributed by atoms with Gasteiger partial charge in [-0.25, -0.2) is 0 Å². The van der Waals surface area contributed by atoms with Crippen molar-refractivity contribution < 1.29 is 9.47 Å². The zero-order valence-corrected chi connectivity index (χ0v) is 19.1. The Hall–Kier alpha value is -0.120. The SMILES string of the molecule is CCN(CC)C(C)CNC(=NC)N1CCC(OCCCOC)CC1.I. The summed E-state index contributed by atoms with van der Waals surface area (Å²) in [5.41, 5.74) is 0. The number of halogens is 1. The highest BCUT2D eigenvalue weighted by Crippen LogP contribution is 2.14. The van der Waals surface area contributed by atoms with E-state index in [0.29, 0.717) is 12.1 Å². The van der Waals surface area contributed by atoms with Gasteiger partial charge in [-0.1, -0.05) is 13.8 Å². The van der Waals surface area contributed by atoms with Crippen molar-refractivity contribution in [1.29, 1.82) is 0 Å². The highest BCUT2D eigenvalue weighted by molar-refractivity contribution is 14.0. The number of rotatable bonds is 10. The second-order valence-electron chi connectivity index (χ2n) is 6.40. The van der Waals surface area contributed by atoms with E-state index in [4.69, 9.17) is 9.47 Å². The van der Waals surface area contributed by atoms with E-state index in [1.165, 1.54) is 0 Å². The minimum absolute atomic E-state index is 0. The summed E-state index contributed by atoms with van der Waals surface area (Å²) in [5, 5.41) is 3.54. The predicted molar refractivity (Wildman–Crippen MR) is 116 cm³/mol. The lowest BCUT2D eigenvalue weighted by Gasteiger charge is -2.35. The van der Waals surface area contributed by atoms with E-state index < -0.39 is 0 Å². The van der Waals surface area contributed by atoms with Gasteiger partial charge in [0.2, 0.25) is 0 Å². The number of ether oxygens (including phenoxy) is 2. The van der Waals surface area contributed by atoms with Gasteiger partial charge in [0.05, 0.1) is 6.10 Å². The van der Waals surface area contributed by atoms with Crippen LogP contribution in [0.1, 0.15) is 40.0 Å². The largest absolute Gasteiger partial charge is 0.385 e. The first-order valence-corrected chi connectivity index (χ1v) is 9.46. The minimum atomic E-state index is 0. The highest BCUT2D eigenvalue weighted by Gasteiger charge is 2.22. The Morgan fingerprint density at radius 3 is 2.40 bits per heavy atom. The standard InChI is InChI=1S/C18H38N4O2.HI/c1-6-21(7-2)16(3)15-20-18(19-4)22-11-9-17(10-12-22)24-14-8-13-23-5;/h16-17H,6-15H2,1-5H3,(H,19,20);1H. The average Bonchev–Trinajstić information content (AvgIpc) is 2.61. The van der Waals surface area contributed by atoms with E-state index in [0.717, 1.165) is 71.2 Å². The molecule has 0 bridgehead atoms. The van der Waals surface area contributed by atoms with Crippen molar-refractivity contribution in [2.45, 2.75) is 52.2 Å². The Morgan fingerprint density at radius 1 is 1.24 bits per heavy atom. The smallest absolute Gasteiger partial charge is 0.193 e. The Labute approximate surface area is 171 Å². The molecule has 7 heteroatoms. The zero-order valence-electron chi connectivity index (χ0n) is 16.8. The number of hydrogen-bond acceptors (Lipinski definition) is 4. The number of guanidine groups is 1. The van der Waals surface area contributed by atoms with Crippen molar-refractivity contribution in [1.82, 2.24) is 15.1 Å². The van der Waals surface area contributed by atoms with Crippen molar-refractivity contribution in [3.63, 3.8) is 0 Å². The molecular weight excluding hydrogens is 431 g/mol. The third-order valence-electron chi connectivity index (χ3n) is 4.79. The summed E-state index contributed by atoms with van der Waals surface area (Å²) < 4.78 is 11.0. The summed E-state index contributed by atoms with van der Waals surface area (Å²) in [6, 6.07) is 0.512. The molecule has 0 aromatic carbocycles. The van der Waals surface area contributed by atoms with Crippen LogP contribution in [-0.4, -0.2) is 88.0 Å². The Kier molecular flexibility index (Phi) is 14.9. The van der Waals surface area contributed by atoms with Crippen molar-refractivity contribution in [3.05, 3.63) is 0 Å². The molecule has 150 valence electrons. The maximum Gasteiger partial charge on any atom is 0.193 e. The molecule has 1 unspecified atom stereocenters. The molecule has 1 rings (SSSR count). The first kappa shape index (κ1) is 24.9. The first-order chi connectivity index (χ1) is 11.7. The van der Waals surface area contributed by atoms with Gasteiger partial charge in [0, 0.05) is 53.0 Å². The average molecular weight is 470 g/mol. The molecule has 1 atom stereocenters. The molecule has 0 saturated carbocycles. The minimum Gasteiger partial charge on any atom is -0.385 e. The van der Waals surface area contributed by atoms with Crippen molar-refractivity contribution in [2.75, 3.05) is 60.1 Å². The molecule has 0 spiro atoms. The van der Waals surface area contributed by atoms with Crippen LogP contribution >= 0.6 is 24.0 Å². The van der Waals surface area contributed by atoms with Gasteiger partial charge < -0.3 is 19.7 Å². The molecule has 1 aliphatic heterocycles. The van der Waals surface area contributed by atoms with Gasteiger partial charge in [0.25, 0.3) is 0 Å². The topological polar surface area (TPSA) is 49.3 Å². The maximum atomic E-state index is 5.93. The lowest BCUT2D eigenvalue weighted by molar-refractivity contribution is 0.00986. The van der Waals surface area contributed by atoms with Gasteiger partial charge in [-0.2, -0.15) is 0 Å². The van der Waals surface area contributed by atoms with Crippen LogP contribution < -0.4 is 5.32 Å². The second kappa shape index (κ2) is 15.0. The van der Waals surface area contributed by atoms with Crippen LogP contribution in [0.4, 0.5) is 0 Å². The third kappa shape index (κ3) is 9.40. The molecule has 1 aliphatic rings. The monoisotopic (exact) mass is 470 g/mol. The van der Waals surface area contributed by atoms with E-state index in [2.05, 4.69) is 40.9 Å². The van der Waals surface area contributed by atoms with E-state index in [9.17, 15) is 0 Å². The normalized spacial score (nSPS) is 17.5. The van der Waals surface area contributed by atoms with Gasteiger partial charge >= 0.3 is 0 Å². The summed E-state index contributed by atoms with van der Waals surface area (Å²) in [6.07, 6.45) is 3.49. The van der Waals surface area contributed by atoms with Crippen LogP contribution in [0.2, 0.25) is 0 Å². The maximum absolute atomic E-state index is 5.93. The van der Waals surface area contributed by atoms with Gasteiger partial charge in [-0.05, 0) is 39.3 Å². The fraction of sp³-hybridized carbons (Fsp3) is 0.944. The molecule has 0 aromatic heterocycles. The van der Waals surface area contributed by atoms with Gasteiger partial charge in [0.15, 0.2) is 5.96 Å². The van der Waals surface area contributed by atoms with Crippen LogP contribution in [0.25, 0.3) is 0 Å². The number of likely N-dealkylation sites (tertiary alicyclic amines) is 1. The Bertz CT molecular complexity index is 346. The highest BCUT2D eigenvalue weighted by atomic mass is 127. The fourth-order valence-corrected chi connectivity index (χ4v) is 3.23. The summed E-state index contributed by atoms with van der Waals surface area (Å²) in [5.74, 6) is 1.02. The van der Waals surface area contributed by atoms with Crippen LogP contribution in [0.3, 0.4) is 0 Å². The summed E-state index contributed by atoms with van der Waals surface area (Å²) in [4.78, 5) is 9.27. The molecule has 0 aromatic rings. The number of nitrogens with zero attached hydrogens (tertiary/aromatic N) is 3. The molecule has 1 saturated heterocycles. The third-order valence-corrected chi connectivity index (χ3v) is 4.79. The molecule has 25 heavy (non-hydrogen) atoms. The van der Waals surface area contributed by atoms with Crippen molar-refractivity contribution in [3.8, 4) is 0 Å². The molecule has 1 N–H and O–H groups in total. The summed E-state index contributed by atoms with van der Waals surface area (Å²) in [7, 11) is 3.61. The second-order valence-corrected chi connectivity index (χ2v) is 6.40. The molecule has 1 fully saturated rings. The summed E-state index contributed by atoms with van der Waals surface area (Å²) in [6.45, 7) is 13.4. The molecule has 0 radical (unpaired) electrons. The zero-order chi connectivity index (χ0) is 17.8. The number of aliphatic imine (C=N–C) groups is 1. The van der Waals surface area contributed by atoms with Gasteiger partial charge in [0.1, 0.15) is 0 Å². The van der Waals surface area contributed by atoms with Crippen molar-refractivity contribution in [2.24, 2.45) is 4.99 Å². The van der Waals surface area contributed by atoms with Crippen molar-refractivity contribution >= 4 is 29.9 Å². The molecular formula is C18H39IN4O2. The van der Waals surface area contributed by atoms with E-state index in [-0.39, 0.29) is 24.0 Å². The quantitative estimate of drug-likeness (QED) is 0.230.